The van der Waals surface area contributed by atoms with Crippen LogP contribution in [0.2, 0.25) is 0 Å². The van der Waals surface area contributed by atoms with Gasteiger partial charge < -0.3 is 25.8 Å². The molecule has 0 unspecified atom stereocenters. The molecule has 0 aliphatic carbocycles. The number of aliphatic imine (C=N–C) groups is 2. The molecule has 4 N–H and O–H groups in total. The second kappa shape index (κ2) is 20.1. The molecule has 328 valence electrons. The van der Waals surface area contributed by atoms with Gasteiger partial charge in [-0.15, -0.1) is 22.7 Å². The van der Waals surface area contributed by atoms with Crippen LogP contribution in [0.1, 0.15) is 103 Å². The Morgan fingerprint density at radius 2 is 1.12 bits per heavy atom. The minimum Gasteiger partial charge on any atom is -0.460 e. The number of thiazole rings is 2. The fourth-order valence-electron chi connectivity index (χ4n) is 5.62. The van der Waals surface area contributed by atoms with Gasteiger partial charge >= 0.3 is 11.9 Å². The molecule has 0 bridgehead atoms. The highest BCUT2D eigenvalue weighted by atomic mass is 32.1. The predicted octanol–water partition coefficient (Wildman–Crippen LogP) is 4.63. The Hall–Kier alpha value is -4.91. The van der Waals surface area contributed by atoms with Gasteiger partial charge in [-0.2, -0.15) is 0 Å². The van der Waals surface area contributed by atoms with Gasteiger partial charge in [0.05, 0.1) is 51.8 Å². The fraction of sp³-hybridized carbons (Fsp3) is 0.650. The molecular formula is C40H58N10O8S2. The van der Waals surface area contributed by atoms with Crippen LogP contribution in [0.15, 0.2) is 25.9 Å². The SMILES string of the molecule is Cc1nc(C(=NCC(C)(C)C(=O)OC(C)(C)C)C(=O)C[C@@H]2C(=O)N[C@@H]2CN)cs1.Cc1nc(C(=NCC(C)(C)C(=O)OC(C)(C)C)C(=O)C[C@@H]2C(=O)N[C@@H]2CN=[N+]=[N-])cs1. The molecule has 0 radical (unpaired) electrons. The van der Waals surface area contributed by atoms with Crippen molar-refractivity contribution < 1.29 is 38.2 Å². The molecule has 2 aromatic rings. The quantitative estimate of drug-likeness (QED) is 0.0492. The molecule has 0 aromatic carbocycles. The van der Waals surface area contributed by atoms with Crippen LogP contribution in [0, 0.1) is 36.5 Å². The van der Waals surface area contributed by atoms with E-state index in [4.69, 9.17) is 20.7 Å². The number of esters is 2. The first-order valence-corrected chi connectivity index (χ1v) is 21.2. The molecule has 0 spiro atoms. The Bertz CT molecular complexity index is 2050. The summed E-state index contributed by atoms with van der Waals surface area (Å²) in [5.74, 6) is -2.96. The van der Waals surface area contributed by atoms with Crippen molar-refractivity contribution in [3.8, 4) is 0 Å². The summed E-state index contributed by atoms with van der Waals surface area (Å²) in [5, 5.41) is 13.9. The molecule has 4 heterocycles. The third-order valence-electron chi connectivity index (χ3n) is 9.13. The summed E-state index contributed by atoms with van der Waals surface area (Å²) in [7, 11) is 0. The monoisotopic (exact) mass is 870 g/mol. The Balaban J connectivity index is 0.000000321. The number of Topliss-reactive ketones (excluding diaryl/α,β-unsaturated/α-hetero) is 2. The lowest BCUT2D eigenvalue weighted by Gasteiger charge is -2.35. The fourth-order valence-corrected chi connectivity index (χ4v) is 6.82. The first kappa shape index (κ1) is 49.5. The Morgan fingerprint density at radius 3 is 1.43 bits per heavy atom. The lowest BCUT2D eigenvalue weighted by molar-refractivity contribution is -0.166. The maximum Gasteiger partial charge on any atom is 0.313 e. The summed E-state index contributed by atoms with van der Waals surface area (Å²) in [4.78, 5) is 95.2. The molecule has 60 heavy (non-hydrogen) atoms. The van der Waals surface area contributed by atoms with Gasteiger partial charge in [0.25, 0.3) is 0 Å². The number of ether oxygens (including phenoxy) is 2. The van der Waals surface area contributed by atoms with Crippen LogP contribution in [-0.4, -0.2) is 106 Å². The molecule has 2 aliphatic rings. The highest BCUT2D eigenvalue weighted by Gasteiger charge is 2.42. The van der Waals surface area contributed by atoms with Gasteiger partial charge in [0, 0.05) is 47.6 Å². The van der Waals surface area contributed by atoms with E-state index in [0.29, 0.717) is 11.4 Å². The molecular weight excluding hydrogens is 813 g/mol. The highest BCUT2D eigenvalue weighted by Crippen LogP contribution is 2.27. The summed E-state index contributed by atoms with van der Waals surface area (Å²) in [5.41, 5.74) is 12.2. The van der Waals surface area contributed by atoms with Crippen molar-refractivity contribution in [2.45, 2.75) is 119 Å². The van der Waals surface area contributed by atoms with Crippen LogP contribution in [0.3, 0.4) is 0 Å². The van der Waals surface area contributed by atoms with Gasteiger partial charge in [0.15, 0.2) is 11.6 Å². The van der Waals surface area contributed by atoms with Crippen LogP contribution < -0.4 is 16.4 Å². The number of nitrogens with one attached hydrogen (secondary N) is 2. The highest BCUT2D eigenvalue weighted by molar-refractivity contribution is 7.10. The molecule has 2 aliphatic heterocycles. The van der Waals surface area contributed by atoms with E-state index in [0.717, 1.165) is 10.0 Å². The number of amides is 2. The summed E-state index contributed by atoms with van der Waals surface area (Å²) >= 11 is 2.79. The number of nitrogens with two attached hydrogens (primary N) is 1. The smallest absolute Gasteiger partial charge is 0.313 e. The Labute approximate surface area is 358 Å². The van der Waals surface area contributed by atoms with Gasteiger partial charge in [-0.25, -0.2) is 9.97 Å². The summed E-state index contributed by atoms with van der Waals surface area (Å²) in [6, 6.07) is -0.591. The van der Waals surface area contributed by atoms with E-state index in [1.165, 1.54) is 22.7 Å². The third-order valence-corrected chi connectivity index (χ3v) is 10.7. The van der Waals surface area contributed by atoms with Crippen molar-refractivity contribution in [1.82, 2.24) is 20.6 Å². The number of rotatable bonds is 17. The summed E-state index contributed by atoms with van der Waals surface area (Å²) < 4.78 is 10.9. The van der Waals surface area contributed by atoms with E-state index in [2.05, 4.69) is 40.6 Å². The first-order chi connectivity index (χ1) is 27.7. The van der Waals surface area contributed by atoms with E-state index in [9.17, 15) is 28.8 Å². The van der Waals surface area contributed by atoms with Crippen molar-refractivity contribution in [1.29, 1.82) is 0 Å². The number of carbonyl (C=O) groups is 6. The van der Waals surface area contributed by atoms with E-state index < -0.39 is 45.8 Å². The second-order valence-corrected chi connectivity index (χ2v) is 20.1. The predicted molar refractivity (Wildman–Crippen MR) is 229 cm³/mol. The van der Waals surface area contributed by atoms with Gasteiger partial charge in [-0.1, -0.05) is 5.11 Å². The zero-order valence-corrected chi connectivity index (χ0v) is 38.1. The molecule has 2 fully saturated rings. The second-order valence-electron chi connectivity index (χ2n) is 18.0. The molecule has 4 atom stereocenters. The number of aromatic nitrogens is 2. The van der Waals surface area contributed by atoms with Gasteiger partial charge in [-0.05, 0) is 88.6 Å². The number of aryl methyl sites for hydroxylation is 2. The minimum absolute atomic E-state index is 0.00989. The van der Waals surface area contributed by atoms with Crippen molar-refractivity contribution >= 4 is 69.4 Å². The molecule has 2 amide bonds. The number of hydrogen-bond donors (Lipinski definition) is 3. The number of azide groups is 1. The average molecular weight is 871 g/mol. The standard InChI is InChI=1S/C20H28N6O4S.C20H30N4O4S/c1-11-24-14(9-31-11)16(22-10-20(5,6)18(29)30-19(2,3)4)15(27)7-12-13(8-23-26-21)25-17(12)28;1-11-23-14(9-29-11)16(15(25)7-12-13(8-21)24-17(12)26)22-10-20(5,6)18(27)28-19(2,3)4/h9,12-13H,7-8,10H2,1-6H3,(H,25,28);9,12-13H,7-8,10,21H2,1-6H3,(H,24,26)/t2*12-,13+/m00/s1. The van der Waals surface area contributed by atoms with Crippen molar-refractivity contribution in [2.75, 3.05) is 26.2 Å². The van der Waals surface area contributed by atoms with Gasteiger partial charge in [-0.3, -0.25) is 38.8 Å². The van der Waals surface area contributed by atoms with Crippen LogP contribution in [0.5, 0.6) is 0 Å². The first-order valence-electron chi connectivity index (χ1n) is 19.5. The molecule has 20 heteroatoms. The van der Waals surface area contributed by atoms with E-state index >= 15 is 0 Å². The van der Waals surface area contributed by atoms with Crippen molar-refractivity contribution in [3.63, 3.8) is 0 Å². The van der Waals surface area contributed by atoms with Crippen molar-refractivity contribution in [3.05, 3.63) is 42.6 Å². The zero-order chi connectivity index (χ0) is 45.4. The van der Waals surface area contributed by atoms with Gasteiger partial charge in [0.2, 0.25) is 11.8 Å². The lowest BCUT2D eigenvalue weighted by Crippen LogP contribution is -2.61. The van der Waals surface area contributed by atoms with E-state index in [1.807, 2.05) is 13.8 Å². The zero-order valence-electron chi connectivity index (χ0n) is 36.5. The molecule has 18 nitrogen and oxygen atoms in total. The number of hydrogen-bond acceptors (Lipinski definition) is 16. The molecule has 2 aromatic heterocycles. The number of ketones is 2. The molecule has 2 saturated heterocycles. The number of nitrogens with zero attached hydrogens (tertiary/aromatic N) is 7. The minimum atomic E-state index is -0.957. The molecule has 4 rings (SSSR count). The number of carbonyl (C=O) groups excluding carboxylic acids is 6. The normalized spacial score (nSPS) is 19.6. The van der Waals surface area contributed by atoms with Crippen molar-refractivity contribution in [2.24, 2.45) is 43.5 Å². The lowest BCUT2D eigenvalue weighted by atomic mass is 9.85. The number of β-lactam (4-membered cyclic amide) rings is 2. The molecule has 0 saturated carbocycles. The Morgan fingerprint density at radius 1 is 0.733 bits per heavy atom. The van der Waals surface area contributed by atoms with Crippen LogP contribution in [-0.2, 0) is 38.2 Å². The summed E-state index contributed by atoms with van der Waals surface area (Å²) in [6.45, 7) is 21.7. The Kier molecular flexibility index (Phi) is 16.6. The van der Waals surface area contributed by atoms with E-state index in [1.54, 1.807) is 80.0 Å². The topological polar surface area (TPSA) is 270 Å². The maximum absolute atomic E-state index is 13.1. The van der Waals surface area contributed by atoms with E-state index in [-0.39, 0.29) is 85.9 Å². The van der Waals surface area contributed by atoms with Crippen LogP contribution >= 0.6 is 22.7 Å². The van der Waals surface area contributed by atoms with Gasteiger partial charge in [0.1, 0.15) is 34.0 Å². The average Bonchev–Trinajstić information content (AvgIpc) is 3.76. The maximum atomic E-state index is 13.1. The summed E-state index contributed by atoms with van der Waals surface area (Å²) in [6.07, 6.45) is -0.0737. The van der Waals surface area contributed by atoms with Crippen LogP contribution in [0.25, 0.3) is 10.4 Å². The largest absolute Gasteiger partial charge is 0.460 e. The van der Waals surface area contributed by atoms with Crippen LogP contribution in [0.4, 0.5) is 0 Å². The third kappa shape index (κ3) is 14.1.